The molecule has 2 rings (SSSR count). The summed E-state index contributed by atoms with van der Waals surface area (Å²) in [6.07, 6.45) is 1.79. The third kappa shape index (κ3) is 2.18. The van der Waals surface area contributed by atoms with E-state index in [1.54, 1.807) is 12.3 Å². The number of anilines is 2. The van der Waals surface area contributed by atoms with Gasteiger partial charge in [0.1, 0.15) is 11.9 Å². The average Bonchev–Trinajstić information content (AvgIpc) is 2.64. The fourth-order valence-corrected chi connectivity index (χ4v) is 1.92. The van der Waals surface area contributed by atoms with Crippen molar-refractivity contribution >= 4 is 22.3 Å². The number of rotatable bonds is 2. The minimum Gasteiger partial charge on any atom is -0.315 e. The summed E-state index contributed by atoms with van der Waals surface area (Å²) in [5, 5.41) is 12.8. The molecule has 2 heterocycles. The van der Waals surface area contributed by atoms with Crippen LogP contribution in [-0.2, 0) is 0 Å². The van der Waals surface area contributed by atoms with Crippen LogP contribution in [-0.4, -0.2) is 9.97 Å². The molecule has 16 heavy (non-hydrogen) atoms. The van der Waals surface area contributed by atoms with Crippen molar-refractivity contribution in [1.29, 1.82) is 5.26 Å². The molecular weight excluding hydrogens is 220 g/mol. The standard InChI is InChI=1S/C11H10N4S/c1-7-3-4-9(5-12)10(14-7)15-11-13-6-8(2)16-11/h3-4,6H,1-2H3,(H,13,14,15). The molecule has 1 N–H and O–H groups in total. The van der Waals surface area contributed by atoms with Gasteiger partial charge in [0, 0.05) is 16.8 Å². The zero-order valence-electron chi connectivity index (χ0n) is 8.98. The molecule has 0 bridgehead atoms. The zero-order valence-corrected chi connectivity index (χ0v) is 9.80. The van der Waals surface area contributed by atoms with Gasteiger partial charge in [0.25, 0.3) is 0 Å². The van der Waals surface area contributed by atoms with Crippen LogP contribution < -0.4 is 5.32 Å². The number of hydrogen-bond donors (Lipinski definition) is 1. The lowest BCUT2D eigenvalue weighted by Gasteiger charge is -2.04. The van der Waals surface area contributed by atoms with Crippen LogP contribution in [0.5, 0.6) is 0 Å². The van der Waals surface area contributed by atoms with Gasteiger partial charge in [0.2, 0.25) is 0 Å². The maximum absolute atomic E-state index is 8.95. The van der Waals surface area contributed by atoms with E-state index in [-0.39, 0.29) is 0 Å². The Morgan fingerprint density at radius 1 is 1.38 bits per heavy atom. The van der Waals surface area contributed by atoms with Crippen molar-refractivity contribution in [3.8, 4) is 6.07 Å². The van der Waals surface area contributed by atoms with Gasteiger partial charge in [-0.15, -0.1) is 11.3 Å². The maximum Gasteiger partial charge on any atom is 0.188 e. The Bertz CT molecular complexity index is 553. The van der Waals surface area contributed by atoms with Crippen molar-refractivity contribution in [3.05, 3.63) is 34.5 Å². The monoisotopic (exact) mass is 230 g/mol. The number of pyridine rings is 1. The van der Waals surface area contributed by atoms with Gasteiger partial charge in [-0.1, -0.05) is 0 Å². The van der Waals surface area contributed by atoms with Crippen LogP contribution in [0.15, 0.2) is 18.3 Å². The summed E-state index contributed by atoms with van der Waals surface area (Å²) >= 11 is 1.54. The van der Waals surface area contributed by atoms with Crippen LogP contribution in [0.4, 0.5) is 10.9 Å². The van der Waals surface area contributed by atoms with E-state index in [9.17, 15) is 0 Å². The summed E-state index contributed by atoms with van der Waals surface area (Å²) in [5.74, 6) is 0.567. The lowest BCUT2D eigenvalue weighted by Crippen LogP contribution is -1.97. The van der Waals surface area contributed by atoms with Gasteiger partial charge in [-0.05, 0) is 26.0 Å². The molecule has 0 spiro atoms. The van der Waals surface area contributed by atoms with E-state index in [0.29, 0.717) is 11.4 Å². The second-order valence-corrected chi connectivity index (χ2v) is 4.60. The second-order valence-electron chi connectivity index (χ2n) is 3.36. The first-order valence-electron chi connectivity index (χ1n) is 4.76. The molecule has 0 amide bonds. The van der Waals surface area contributed by atoms with Crippen molar-refractivity contribution in [2.45, 2.75) is 13.8 Å². The Kier molecular flexibility index (Phi) is 2.84. The summed E-state index contributed by atoms with van der Waals surface area (Å²) in [4.78, 5) is 9.57. The predicted octanol–water partition coefficient (Wildman–Crippen LogP) is 2.77. The van der Waals surface area contributed by atoms with Crippen molar-refractivity contribution in [3.63, 3.8) is 0 Å². The van der Waals surface area contributed by atoms with Crippen molar-refractivity contribution in [2.24, 2.45) is 0 Å². The summed E-state index contributed by atoms with van der Waals surface area (Å²) in [6, 6.07) is 5.67. The number of nitriles is 1. The lowest BCUT2D eigenvalue weighted by molar-refractivity contribution is 1.18. The maximum atomic E-state index is 8.95. The minimum absolute atomic E-state index is 0.526. The molecule has 2 aromatic rings. The van der Waals surface area contributed by atoms with Gasteiger partial charge in [-0.2, -0.15) is 5.26 Å². The molecule has 80 valence electrons. The largest absolute Gasteiger partial charge is 0.315 e. The van der Waals surface area contributed by atoms with E-state index in [1.165, 1.54) is 11.3 Å². The van der Waals surface area contributed by atoms with E-state index in [2.05, 4.69) is 21.4 Å². The van der Waals surface area contributed by atoms with Gasteiger partial charge in [0.05, 0.1) is 5.56 Å². The van der Waals surface area contributed by atoms with Crippen LogP contribution >= 0.6 is 11.3 Å². The molecule has 0 aliphatic heterocycles. The summed E-state index contributed by atoms with van der Waals surface area (Å²) in [7, 11) is 0. The van der Waals surface area contributed by atoms with Crippen LogP contribution in [0.3, 0.4) is 0 Å². The quantitative estimate of drug-likeness (QED) is 0.861. The molecule has 2 aromatic heterocycles. The van der Waals surface area contributed by atoms with Gasteiger partial charge in [0.15, 0.2) is 5.13 Å². The highest BCUT2D eigenvalue weighted by molar-refractivity contribution is 7.15. The Labute approximate surface area is 97.6 Å². The van der Waals surface area contributed by atoms with E-state index < -0.39 is 0 Å². The fraction of sp³-hybridized carbons (Fsp3) is 0.182. The Hall–Kier alpha value is -1.93. The highest BCUT2D eigenvalue weighted by Crippen LogP contribution is 2.22. The zero-order chi connectivity index (χ0) is 11.5. The molecule has 5 heteroatoms. The van der Waals surface area contributed by atoms with Crippen molar-refractivity contribution in [1.82, 2.24) is 9.97 Å². The first-order valence-corrected chi connectivity index (χ1v) is 5.58. The Balaban J connectivity index is 2.34. The predicted molar refractivity (Wildman–Crippen MR) is 63.8 cm³/mol. The Morgan fingerprint density at radius 3 is 2.81 bits per heavy atom. The molecular formula is C11H10N4S. The van der Waals surface area contributed by atoms with Gasteiger partial charge < -0.3 is 5.32 Å². The average molecular weight is 230 g/mol. The first-order chi connectivity index (χ1) is 7.69. The van der Waals surface area contributed by atoms with E-state index >= 15 is 0 Å². The number of nitrogens with one attached hydrogen (secondary N) is 1. The van der Waals surface area contributed by atoms with Gasteiger partial charge in [-0.3, -0.25) is 0 Å². The van der Waals surface area contributed by atoms with Crippen LogP contribution in [0, 0.1) is 25.2 Å². The number of aromatic nitrogens is 2. The van der Waals surface area contributed by atoms with Gasteiger partial charge >= 0.3 is 0 Å². The topological polar surface area (TPSA) is 61.6 Å². The van der Waals surface area contributed by atoms with E-state index in [4.69, 9.17) is 5.26 Å². The smallest absolute Gasteiger partial charge is 0.188 e. The van der Waals surface area contributed by atoms with Crippen molar-refractivity contribution < 1.29 is 0 Å². The Morgan fingerprint density at radius 2 is 2.19 bits per heavy atom. The molecule has 0 saturated heterocycles. The molecule has 0 radical (unpaired) electrons. The summed E-state index contributed by atoms with van der Waals surface area (Å²) in [5.41, 5.74) is 1.40. The van der Waals surface area contributed by atoms with Crippen LogP contribution in [0.25, 0.3) is 0 Å². The number of hydrogen-bond acceptors (Lipinski definition) is 5. The van der Waals surface area contributed by atoms with Gasteiger partial charge in [-0.25, -0.2) is 9.97 Å². The molecule has 0 unspecified atom stereocenters. The third-order valence-corrected chi connectivity index (χ3v) is 2.83. The fourth-order valence-electron chi connectivity index (χ4n) is 1.26. The second kappa shape index (κ2) is 4.29. The minimum atomic E-state index is 0.526. The highest BCUT2D eigenvalue weighted by Gasteiger charge is 2.06. The third-order valence-electron chi connectivity index (χ3n) is 2.00. The number of nitrogens with zero attached hydrogens (tertiary/aromatic N) is 3. The van der Waals surface area contributed by atoms with E-state index in [0.717, 1.165) is 15.7 Å². The molecule has 0 aliphatic rings. The summed E-state index contributed by atoms with van der Waals surface area (Å²) < 4.78 is 0. The molecule has 0 saturated carbocycles. The first kappa shape index (κ1) is 10.6. The molecule has 0 aromatic carbocycles. The lowest BCUT2D eigenvalue weighted by atomic mass is 10.2. The number of thiazole rings is 1. The molecule has 0 fully saturated rings. The number of aryl methyl sites for hydroxylation is 2. The summed E-state index contributed by atoms with van der Waals surface area (Å²) in [6.45, 7) is 3.87. The van der Waals surface area contributed by atoms with Crippen LogP contribution in [0.1, 0.15) is 16.1 Å². The van der Waals surface area contributed by atoms with Crippen molar-refractivity contribution in [2.75, 3.05) is 5.32 Å². The molecule has 0 atom stereocenters. The SMILES string of the molecule is Cc1ccc(C#N)c(Nc2ncc(C)s2)n1. The van der Waals surface area contributed by atoms with E-state index in [1.807, 2.05) is 19.9 Å². The van der Waals surface area contributed by atoms with Crippen LogP contribution in [0.2, 0.25) is 0 Å². The normalized spacial score (nSPS) is 9.81. The molecule has 4 nitrogen and oxygen atoms in total. The highest BCUT2D eigenvalue weighted by atomic mass is 32.1. The molecule has 0 aliphatic carbocycles.